The van der Waals surface area contributed by atoms with E-state index in [9.17, 15) is 4.79 Å². The molecule has 6 heteroatoms. The van der Waals surface area contributed by atoms with Crippen LogP contribution >= 0.6 is 15.9 Å². The third-order valence-electron chi connectivity index (χ3n) is 3.85. The van der Waals surface area contributed by atoms with Crippen molar-refractivity contribution in [1.82, 2.24) is 19.6 Å². The molecule has 1 aromatic carbocycles. The molecule has 4 rings (SSSR count). The first-order valence-electron chi connectivity index (χ1n) is 7.16. The van der Waals surface area contributed by atoms with Crippen molar-refractivity contribution in [3.63, 3.8) is 0 Å². The fraction of sp³-hybridized carbons (Fsp3) is 0.0588. The molecule has 0 bridgehead atoms. The molecule has 0 aliphatic heterocycles. The predicted molar refractivity (Wildman–Crippen MR) is 93.5 cm³/mol. The van der Waals surface area contributed by atoms with E-state index in [1.165, 1.54) is 0 Å². The fourth-order valence-corrected chi connectivity index (χ4v) is 3.04. The first-order valence-corrected chi connectivity index (χ1v) is 7.95. The first-order chi connectivity index (χ1) is 11.1. The number of hydrogen-bond donors (Lipinski definition) is 2. The summed E-state index contributed by atoms with van der Waals surface area (Å²) in [6, 6.07) is 13.7. The van der Waals surface area contributed by atoms with Crippen LogP contribution in [0.1, 0.15) is 5.69 Å². The maximum absolute atomic E-state index is 12.3. The summed E-state index contributed by atoms with van der Waals surface area (Å²) in [5.74, 6) is 0. The Balaban J connectivity index is 2.10. The molecule has 0 saturated carbocycles. The van der Waals surface area contributed by atoms with Crippen LogP contribution in [-0.4, -0.2) is 19.6 Å². The molecule has 3 heterocycles. The Morgan fingerprint density at radius 1 is 1.09 bits per heavy atom. The van der Waals surface area contributed by atoms with Crippen molar-refractivity contribution in [2.45, 2.75) is 6.92 Å². The largest absolute Gasteiger partial charge is 0.302 e. The molecule has 3 aromatic heterocycles. The Morgan fingerprint density at radius 3 is 2.57 bits per heavy atom. The third kappa shape index (κ3) is 2.22. The number of nitrogens with zero attached hydrogens (tertiary/aromatic N) is 2. The summed E-state index contributed by atoms with van der Waals surface area (Å²) in [4.78, 5) is 17.0. The third-order valence-corrected chi connectivity index (χ3v) is 4.38. The fourth-order valence-electron chi connectivity index (χ4n) is 2.77. The quantitative estimate of drug-likeness (QED) is 0.565. The summed E-state index contributed by atoms with van der Waals surface area (Å²) in [6.07, 6.45) is 1.92. The maximum Gasteiger partial charge on any atom is 0.273 e. The number of fused-ring (bicyclic) bond motifs is 1. The minimum atomic E-state index is -0.147. The number of aryl methyl sites for hydroxylation is 1. The van der Waals surface area contributed by atoms with Crippen LogP contribution in [0, 0.1) is 6.92 Å². The van der Waals surface area contributed by atoms with Gasteiger partial charge < -0.3 is 5.10 Å². The SMILES string of the molecule is Cc1[nH][nH]c(=O)c1-c1c(-c2ccc(Br)cc2)nc2ccccn12. The number of imidazole rings is 1. The zero-order valence-corrected chi connectivity index (χ0v) is 13.9. The van der Waals surface area contributed by atoms with Gasteiger partial charge in [0.1, 0.15) is 5.65 Å². The topological polar surface area (TPSA) is 66.0 Å². The van der Waals surface area contributed by atoms with Gasteiger partial charge in [0, 0.05) is 21.9 Å². The zero-order chi connectivity index (χ0) is 16.0. The van der Waals surface area contributed by atoms with Gasteiger partial charge in [-0.3, -0.25) is 14.3 Å². The Hall–Kier alpha value is -2.60. The van der Waals surface area contributed by atoms with Gasteiger partial charge in [0.2, 0.25) is 0 Å². The van der Waals surface area contributed by atoms with Crippen molar-refractivity contribution in [3.8, 4) is 22.5 Å². The van der Waals surface area contributed by atoms with E-state index in [1.807, 2.05) is 60.0 Å². The second kappa shape index (κ2) is 5.24. The summed E-state index contributed by atoms with van der Waals surface area (Å²) in [5, 5.41) is 5.54. The molecule has 0 unspecified atom stereocenters. The molecule has 0 saturated heterocycles. The van der Waals surface area contributed by atoms with Gasteiger partial charge in [-0.1, -0.05) is 34.1 Å². The highest BCUT2D eigenvalue weighted by molar-refractivity contribution is 9.10. The van der Waals surface area contributed by atoms with Crippen LogP contribution in [-0.2, 0) is 0 Å². The van der Waals surface area contributed by atoms with Crippen LogP contribution in [0.25, 0.3) is 28.2 Å². The molecule has 4 aromatic rings. The molecule has 5 nitrogen and oxygen atoms in total. The maximum atomic E-state index is 12.3. The van der Waals surface area contributed by atoms with Gasteiger partial charge >= 0.3 is 0 Å². The average Bonchev–Trinajstić information content (AvgIpc) is 3.08. The Kier molecular flexibility index (Phi) is 3.20. The zero-order valence-electron chi connectivity index (χ0n) is 12.3. The van der Waals surface area contributed by atoms with Gasteiger partial charge in [-0.25, -0.2) is 4.98 Å². The minimum Gasteiger partial charge on any atom is -0.302 e. The molecule has 0 aliphatic rings. The highest BCUT2D eigenvalue weighted by atomic mass is 79.9. The Morgan fingerprint density at radius 2 is 1.87 bits per heavy atom. The van der Waals surface area contributed by atoms with Crippen molar-refractivity contribution < 1.29 is 0 Å². The number of rotatable bonds is 2. The summed E-state index contributed by atoms with van der Waals surface area (Å²) in [6.45, 7) is 1.88. The van der Waals surface area contributed by atoms with Gasteiger partial charge in [-0.05, 0) is 31.2 Å². The highest BCUT2D eigenvalue weighted by Gasteiger charge is 2.20. The number of benzene rings is 1. The second-order valence-electron chi connectivity index (χ2n) is 5.32. The number of aromatic nitrogens is 4. The molecule has 0 amide bonds. The van der Waals surface area contributed by atoms with Crippen molar-refractivity contribution in [1.29, 1.82) is 0 Å². The molecule has 0 fully saturated rings. The van der Waals surface area contributed by atoms with Gasteiger partial charge in [0.05, 0.1) is 17.0 Å². The molecule has 0 radical (unpaired) electrons. The van der Waals surface area contributed by atoms with E-state index in [0.29, 0.717) is 5.56 Å². The molecule has 0 spiro atoms. The van der Waals surface area contributed by atoms with Crippen molar-refractivity contribution in [2.24, 2.45) is 0 Å². The van der Waals surface area contributed by atoms with E-state index in [2.05, 4.69) is 26.1 Å². The van der Waals surface area contributed by atoms with E-state index >= 15 is 0 Å². The lowest BCUT2D eigenvalue weighted by Gasteiger charge is -2.04. The number of hydrogen-bond acceptors (Lipinski definition) is 2. The van der Waals surface area contributed by atoms with Crippen LogP contribution in [0.2, 0.25) is 0 Å². The molecular weight excluding hydrogens is 356 g/mol. The average molecular weight is 369 g/mol. The van der Waals surface area contributed by atoms with Crippen LogP contribution in [0.4, 0.5) is 0 Å². The molecule has 114 valence electrons. The number of nitrogens with one attached hydrogen (secondary N) is 2. The van der Waals surface area contributed by atoms with E-state index in [1.54, 1.807) is 0 Å². The monoisotopic (exact) mass is 368 g/mol. The van der Waals surface area contributed by atoms with Crippen LogP contribution < -0.4 is 5.56 Å². The molecular formula is C17H13BrN4O. The number of aromatic amines is 2. The standard InChI is InChI=1S/C17H13BrN4O/c1-10-14(17(23)21-20-10)16-15(11-5-7-12(18)8-6-11)19-13-4-2-3-9-22(13)16/h2-9H,1H3,(H2,20,21,23). The second-order valence-corrected chi connectivity index (χ2v) is 6.24. The van der Waals surface area contributed by atoms with E-state index in [-0.39, 0.29) is 5.56 Å². The predicted octanol–water partition coefficient (Wildman–Crippen LogP) is 3.76. The van der Waals surface area contributed by atoms with Gasteiger partial charge in [0.25, 0.3) is 5.56 Å². The first kappa shape index (κ1) is 14.0. The molecule has 23 heavy (non-hydrogen) atoms. The summed E-state index contributed by atoms with van der Waals surface area (Å²) in [5.41, 5.74) is 4.61. The lowest BCUT2D eigenvalue weighted by Crippen LogP contribution is -2.04. The van der Waals surface area contributed by atoms with Crippen molar-refractivity contribution in [2.75, 3.05) is 0 Å². The van der Waals surface area contributed by atoms with Crippen molar-refractivity contribution >= 4 is 21.6 Å². The van der Waals surface area contributed by atoms with Gasteiger partial charge in [-0.15, -0.1) is 0 Å². The van der Waals surface area contributed by atoms with Gasteiger partial charge in [0.15, 0.2) is 0 Å². The van der Waals surface area contributed by atoms with Crippen LogP contribution in [0.3, 0.4) is 0 Å². The normalized spacial score (nSPS) is 11.2. The van der Waals surface area contributed by atoms with Crippen LogP contribution in [0.5, 0.6) is 0 Å². The van der Waals surface area contributed by atoms with E-state index < -0.39 is 0 Å². The summed E-state index contributed by atoms with van der Waals surface area (Å²) < 4.78 is 2.95. The summed E-state index contributed by atoms with van der Waals surface area (Å²) in [7, 11) is 0. The number of pyridine rings is 1. The van der Waals surface area contributed by atoms with Crippen LogP contribution in [0.15, 0.2) is 57.9 Å². The highest BCUT2D eigenvalue weighted by Crippen LogP contribution is 2.32. The molecule has 2 N–H and O–H groups in total. The summed E-state index contributed by atoms with van der Waals surface area (Å²) >= 11 is 3.45. The number of halogens is 1. The lowest BCUT2D eigenvalue weighted by atomic mass is 10.1. The van der Waals surface area contributed by atoms with E-state index in [0.717, 1.165) is 32.8 Å². The molecule has 0 atom stereocenters. The number of H-pyrrole nitrogens is 2. The minimum absolute atomic E-state index is 0.147. The van der Waals surface area contributed by atoms with Gasteiger partial charge in [-0.2, -0.15) is 0 Å². The Bertz CT molecular complexity index is 1060. The van der Waals surface area contributed by atoms with E-state index in [4.69, 9.17) is 4.98 Å². The Labute approximate surface area is 140 Å². The molecule has 0 aliphatic carbocycles. The smallest absolute Gasteiger partial charge is 0.273 e. The van der Waals surface area contributed by atoms with Crippen molar-refractivity contribution in [3.05, 3.63) is 69.2 Å². The lowest BCUT2D eigenvalue weighted by molar-refractivity contribution is 1.02.